The summed E-state index contributed by atoms with van der Waals surface area (Å²) in [5.74, 6) is 0. The Balaban J connectivity index is 2.50. The summed E-state index contributed by atoms with van der Waals surface area (Å²) in [6.07, 6.45) is 0. The van der Waals surface area contributed by atoms with Gasteiger partial charge in [-0.05, 0) is 24.3 Å². The zero-order chi connectivity index (χ0) is 11.8. The molecule has 2 aromatic heterocycles. The van der Waals surface area contributed by atoms with E-state index in [1.54, 1.807) is 12.1 Å². The van der Waals surface area contributed by atoms with E-state index in [0.29, 0.717) is 15.9 Å². The molecule has 1 aromatic carbocycles. The van der Waals surface area contributed by atoms with Crippen molar-refractivity contribution in [3.8, 4) is 0 Å². The lowest BCUT2D eigenvalue weighted by Crippen LogP contribution is -2.02. The average Bonchev–Trinajstić information content (AvgIpc) is 2.38. The molecule has 17 heavy (non-hydrogen) atoms. The molecule has 0 fully saturated rings. The van der Waals surface area contributed by atoms with Crippen molar-refractivity contribution in [2.75, 3.05) is 0 Å². The fourth-order valence-electron chi connectivity index (χ4n) is 1.81. The van der Waals surface area contributed by atoms with Gasteiger partial charge in [0.25, 0.3) is 0 Å². The average molecular weight is 243 g/mol. The molecule has 0 spiro atoms. The molecular weight excluding hydrogens is 234 g/mol. The van der Waals surface area contributed by atoms with Crippen LogP contribution in [0.4, 0.5) is 0 Å². The van der Waals surface area contributed by atoms with Crippen LogP contribution < -0.4 is 5.43 Å². The van der Waals surface area contributed by atoms with Gasteiger partial charge in [0.05, 0.1) is 17.7 Å². The Morgan fingerprint density at radius 2 is 1.94 bits per heavy atom. The second-order valence-electron chi connectivity index (χ2n) is 3.74. The fraction of sp³-hybridized carbons (Fsp3) is 0.0769. The Morgan fingerprint density at radius 1 is 1.12 bits per heavy atom. The van der Waals surface area contributed by atoms with Gasteiger partial charge in [-0.2, -0.15) is 0 Å². The second kappa shape index (κ2) is 3.91. The summed E-state index contributed by atoms with van der Waals surface area (Å²) < 4.78 is 0.924. The van der Waals surface area contributed by atoms with Crippen LogP contribution in [0.25, 0.3) is 20.3 Å². The van der Waals surface area contributed by atoms with Crippen molar-refractivity contribution >= 4 is 31.6 Å². The van der Waals surface area contributed by atoms with Crippen LogP contribution in [0.15, 0.2) is 41.2 Å². The van der Waals surface area contributed by atoms with E-state index in [9.17, 15) is 4.79 Å². The normalized spacial score (nSPS) is 11.1. The number of benzene rings is 1. The van der Waals surface area contributed by atoms with E-state index in [0.717, 1.165) is 10.1 Å². The monoisotopic (exact) mass is 243 g/mol. The van der Waals surface area contributed by atoms with Gasteiger partial charge >= 0.3 is 0 Å². The molecule has 4 heteroatoms. The molecule has 84 valence electrons. The predicted octanol–water partition coefficient (Wildman–Crippen LogP) is 2.30. The molecule has 0 saturated carbocycles. The van der Waals surface area contributed by atoms with Crippen molar-refractivity contribution < 1.29 is 5.11 Å². The molecule has 0 saturated heterocycles. The third-order valence-electron chi connectivity index (χ3n) is 2.66. The van der Waals surface area contributed by atoms with Gasteiger partial charge in [0.2, 0.25) is 0 Å². The highest BCUT2D eigenvalue weighted by atomic mass is 32.1. The predicted molar refractivity (Wildman–Crippen MR) is 69.3 cm³/mol. The highest BCUT2D eigenvalue weighted by molar-refractivity contribution is 7.24. The van der Waals surface area contributed by atoms with Gasteiger partial charge in [-0.15, -0.1) is 11.3 Å². The number of rotatable bonds is 1. The maximum absolute atomic E-state index is 12.2. The van der Waals surface area contributed by atoms with Crippen LogP contribution in [-0.2, 0) is 6.61 Å². The van der Waals surface area contributed by atoms with Crippen LogP contribution in [0, 0.1) is 0 Å². The molecule has 0 amide bonds. The molecule has 0 aliphatic rings. The highest BCUT2D eigenvalue weighted by Crippen LogP contribution is 2.22. The topological polar surface area (TPSA) is 50.2 Å². The van der Waals surface area contributed by atoms with Crippen LogP contribution in [0.2, 0.25) is 0 Å². The standard InChI is InChI=1S/C13H9NO2S/c15-7-8-5-6-10-12(16)9-3-1-2-4-11(9)17-13(10)14-8/h1-6,15H,7H2. The van der Waals surface area contributed by atoms with Crippen LogP contribution in [0.3, 0.4) is 0 Å². The van der Waals surface area contributed by atoms with E-state index in [4.69, 9.17) is 5.11 Å². The molecule has 0 atom stereocenters. The number of aliphatic hydroxyl groups excluding tert-OH is 1. The molecule has 1 N–H and O–H groups in total. The molecule has 3 rings (SSSR count). The van der Waals surface area contributed by atoms with Gasteiger partial charge in [0, 0.05) is 10.1 Å². The van der Waals surface area contributed by atoms with Crippen molar-refractivity contribution in [2.24, 2.45) is 0 Å². The number of aliphatic hydroxyl groups is 1. The summed E-state index contributed by atoms with van der Waals surface area (Å²) in [4.78, 5) is 17.1. The van der Waals surface area contributed by atoms with Crippen molar-refractivity contribution in [1.29, 1.82) is 0 Å². The van der Waals surface area contributed by atoms with Crippen LogP contribution in [0.1, 0.15) is 5.69 Å². The van der Waals surface area contributed by atoms with Gasteiger partial charge in [-0.25, -0.2) is 4.98 Å². The summed E-state index contributed by atoms with van der Waals surface area (Å²) in [5.41, 5.74) is 0.592. The third-order valence-corrected chi connectivity index (χ3v) is 3.74. The van der Waals surface area contributed by atoms with E-state index in [1.165, 1.54) is 11.3 Å². The van der Waals surface area contributed by atoms with E-state index < -0.39 is 0 Å². The first-order valence-electron chi connectivity index (χ1n) is 5.22. The minimum absolute atomic E-state index is 0.00587. The minimum atomic E-state index is -0.107. The summed E-state index contributed by atoms with van der Waals surface area (Å²) in [6.45, 7) is -0.107. The van der Waals surface area contributed by atoms with Gasteiger partial charge in [0.1, 0.15) is 4.83 Å². The third kappa shape index (κ3) is 1.62. The first-order valence-corrected chi connectivity index (χ1v) is 6.03. The van der Waals surface area contributed by atoms with E-state index >= 15 is 0 Å². The van der Waals surface area contributed by atoms with E-state index in [2.05, 4.69) is 4.98 Å². The molecule has 0 radical (unpaired) electrons. The van der Waals surface area contributed by atoms with E-state index in [-0.39, 0.29) is 12.0 Å². The lowest BCUT2D eigenvalue weighted by molar-refractivity contribution is 0.277. The Hall–Kier alpha value is -1.78. The Labute approximate surface area is 101 Å². The summed E-state index contributed by atoms with van der Waals surface area (Å²) >= 11 is 1.47. The Morgan fingerprint density at radius 3 is 2.76 bits per heavy atom. The summed E-state index contributed by atoms with van der Waals surface area (Å²) in [7, 11) is 0. The molecule has 3 aromatic rings. The first kappa shape index (κ1) is 10.4. The van der Waals surface area contributed by atoms with E-state index in [1.807, 2.05) is 24.3 Å². The van der Waals surface area contributed by atoms with Crippen LogP contribution in [0.5, 0.6) is 0 Å². The zero-order valence-corrected chi connectivity index (χ0v) is 9.70. The fourth-order valence-corrected chi connectivity index (χ4v) is 2.87. The van der Waals surface area contributed by atoms with Gasteiger partial charge in [0.15, 0.2) is 5.43 Å². The largest absolute Gasteiger partial charge is 0.390 e. The summed E-state index contributed by atoms with van der Waals surface area (Å²) in [6, 6.07) is 10.9. The molecule has 3 nitrogen and oxygen atoms in total. The van der Waals surface area contributed by atoms with Gasteiger partial charge in [-0.3, -0.25) is 4.79 Å². The van der Waals surface area contributed by atoms with Crippen molar-refractivity contribution in [3.05, 3.63) is 52.3 Å². The van der Waals surface area contributed by atoms with Crippen LogP contribution >= 0.6 is 11.3 Å². The molecular formula is C13H9NO2S. The SMILES string of the molecule is O=c1c2ccccc2sc2nc(CO)ccc12. The Bertz CT molecular complexity index is 764. The molecule has 0 unspecified atom stereocenters. The number of nitrogens with zero attached hydrogens (tertiary/aromatic N) is 1. The number of hydrogen-bond donors (Lipinski definition) is 1. The molecule has 0 bridgehead atoms. The lowest BCUT2D eigenvalue weighted by atomic mass is 10.2. The second-order valence-corrected chi connectivity index (χ2v) is 4.77. The number of pyridine rings is 1. The molecule has 0 aliphatic carbocycles. The number of fused-ring (bicyclic) bond motifs is 2. The van der Waals surface area contributed by atoms with Crippen LogP contribution in [-0.4, -0.2) is 10.1 Å². The zero-order valence-electron chi connectivity index (χ0n) is 8.88. The maximum atomic E-state index is 12.2. The van der Waals surface area contributed by atoms with Crippen molar-refractivity contribution in [2.45, 2.75) is 6.61 Å². The lowest BCUT2D eigenvalue weighted by Gasteiger charge is -2.01. The van der Waals surface area contributed by atoms with Crippen molar-refractivity contribution in [3.63, 3.8) is 0 Å². The number of hydrogen-bond acceptors (Lipinski definition) is 4. The van der Waals surface area contributed by atoms with Gasteiger partial charge in [-0.1, -0.05) is 12.1 Å². The number of aromatic nitrogens is 1. The minimum Gasteiger partial charge on any atom is -0.390 e. The van der Waals surface area contributed by atoms with Gasteiger partial charge < -0.3 is 5.11 Å². The maximum Gasteiger partial charge on any atom is 0.197 e. The van der Waals surface area contributed by atoms with Crippen molar-refractivity contribution in [1.82, 2.24) is 4.98 Å². The molecule has 0 aliphatic heterocycles. The Kier molecular flexibility index (Phi) is 2.39. The smallest absolute Gasteiger partial charge is 0.197 e. The molecule has 2 heterocycles. The summed E-state index contributed by atoms with van der Waals surface area (Å²) in [5, 5.41) is 10.4. The highest BCUT2D eigenvalue weighted by Gasteiger charge is 2.06. The quantitative estimate of drug-likeness (QED) is 0.667. The first-order chi connectivity index (χ1) is 8.29.